The molecule has 68 valence electrons. The third kappa shape index (κ3) is 0.777. The number of phenols is 1. The minimum Gasteiger partial charge on any atom is -0.507 e. The number of rotatable bonds is 0. The van der Waals surface area contributed by atoms with Gasteiger partial charge >= 0.3 is 0 Å². The summed E-state index contributed by atoms with van der Waals surface area (Å²) in [5, 5.41) is 11.6. The van der Waals surface area contributed by atoms with E-state index in [4.69, 9.17) is 0 Å². The number of aliphatic imine (C=N–C) groups is 1. The molecular formula is C12H9NO. The lowest BCUT2D eigenvalue weighted by Crippen LogP contribution is -1.88. The van der Waals surface area contributed by atoms with Gasteiger partial charge in [-0.2, -0.15) is 0 Å². The fourth-order valence-electron chi connectivity index (χ4n) is 2.01. The number of hydrogen-bond acceptors (Lipinski definition) is 2. The Morgan fingerprint density at radius 2 is 2.00 bits per heavy atom. The molecule has 0 radical (unpaired) electrons. The summed E-state index contributed by atoms with van der Waals surface area (Å²) in [4.78, 5) is 4.44. The van der Waals surface area contributed by atoms with Crippen molar-refractivity contribution in [3.8, 4) is 5.75 Å². The molecule has 3 rings (SSSR count). The van der Waals surface area contributed by atoms with Crippen molar-refractivity contribution in [2.75, 3.05) is 0 Å². The van der Waals surface area contributed by atoms with Gasteiger partial charge in [-0.1, -0.05) is 12.1 Å². The van der Waals surface area contributed by atoms with E-state index in [2.05, 4.69) is 4.99 Å². The van der Waals surface area contributed by atoms with Gasteiger partial charge in [0.25, 0.3) is 0 Å². The van der Waals surface area contributed by atoms with Crippen LogP contribution in [0.3, 0.4) is 0 Å². The number of phenolic OH excluding ortho intramolecular Hbond substituents is 1. The van der Waals surface area contributed by atoms with E-state index in [1.54, 1.807) is 6.07 Å². The highest BCUT2D eigenvalue weighted by Crippen LogP contribution is 2.38. The van der Waals surface area contributed by atoms with Crippen LogP contribution >= 0.6 is 0 Å². The minimum atomic E-state index is 0.329. The highest BCUT2D eigenvalue weighted by molar-refractivity contribution is 6.19. The monoisotopic (exact) mass is 183 g/mol. The van der Waals surface area contributed by atoms with Gasteiger partial charge in [0.05, 0.1) is 5.69 Å². The minimum absolute atomic E-state index is 0.329. The molecule has 1 N–H and O–H groups in total. The summed E-state index contributed by atoms with van der Waals surface area (Å²) in [6.45, 7) is 1.99. The zero-order valence-corrected chi connectivity index (χ0v) is 7.78. The second-order valence-corrected chi connectivity index (χ2v) is 3.53. The predicted octanol–water partition coefficient (Wildman–Crippen LogP) is 3.00. The van der Waals surface area contributed by atoms with Gasteiger partial charge in [-0.05, 0) is 25.1 Å². The summed E-state index contributed by atoms with van der Waals surface area (Å²) in [7, 11) is 0. The van der Waals surface area contributed by atoms with Gasteiger partial charge in [0.1, 0.15) is 5.75 Å². The van der Waals surface area contributed by atoms with Crippen LogP contribution in [0.2, 0.25) is 0 Å². The first-order valence-corrected chi connectivity index (χ1v) is 4.58. The van der Waals surface area contributed by atoms with E-state index in [1.807, 2.05) is 31.2 Å². The standard InChI is InChI=1S/C12H9NO/c1-7-8-5-6-11(14)9-3-2-4-10(13-7)12(8)9/h2-6,14H,1H3. The topological polar surface area (TPSA) is 32.6 Å². The third-order valence-corrected chi connectivity index (χ3v) is 2.67. The molecule has 2 heteroatoms. The van der Waals surface area contributed by atoms with Crippen LogP contribution in [0.15, 0.2) is 35.3 Å². The highest BCUT2D eigenvalue weighted by Gasteiger charge is 2.16. The van der Waals surface area contributed by atoms with Gasteiger partial charge in [0.15, 0.2) is 0 Å². The van der Waals surface area contributed by atoms with E-state index in [0.717, 1.165) is 27.7 Å². The van der Waals surface area contributed by atoms with Crippen LogP contribution in [-0.2, 0) is 0 Å². The molecule has 0 saturated heterocycles. The van der Waals surface area contributed by atoms with E-state index >= 15 is 0 Å². The Balaban J connectivity index is 2.59. The summed E-state index contributed by atoms with van der Waals surface area (Å²) in [5.74, 6) is 0.329. The molecule has 2 aromatic carbocycles. The molecule has 0 unspecified atom stereocenters. The van der Waals surface area contributed by atoms with Crippen molar-refractivity contribution >= 4 is 22.2 Å². The lowest BCUT2D eigenvalue weighted by molar-refractivity contribution is 0.481. The fourth-order valence-corrected chi connectivity index (χ4v) is 2.01. The largest absolute Gasteiger partial charge is 0.507 e. The Hall–Kier alpha value is -1.83. The van der Waals surface area contributed by atoms with Crippen LogP contribution in [-0.4, -0.2) is 10.8 Å². The van der Waals surface area contributed by atoms with Crippen molar-refractivity contribution in [3.63, 3.8) is 0 Å². The van der Waals surface area contributed by atoms with E-state index in [1.165, 1.54) is 0 Å². The lowest BCUT2D eigenvalue weighted by Gasteiger charge is -2.02. The molecular weight excluding hydrogens is 174 g/mol. The number of benzene rings is 2. The molecule has 0 bridgehead atoms. The molecule has 1 heterocycles. The zero-order chi connectivity index (χ0) is 9.71. The molecule has 0 amide bonds. The first-order chi connectivity index (χ1) is 6.77. The molecule has 2 nitrogen and oxygen atoms in total. The lowest BCUT2D eigenvalue weighted by atomic mass is 10.0. The van der Waals surface area contributed by atoms with E-state index in [9.17, 15) is 5.11 Å². The Morgan fingerprint density at radius 3 is 2.86 bits per heavy atom. The second-order valence-electron chi connectivity index (χ2n) is 3.53. The van der Waals surface area contributed by atoms with Gasteiger partial charge in [-0.3, -0.25) is 4.99 Å². The van der Waals surface area contributed by atoms with Gasteiger partial charge in [-0.15, -0.1) is 0 Å². The van der Waals surface area contributed by atoms with Crippen LogP contribution in [0.25, 0.3) is 10.8 Å². The normalized spacial score (nSPS) is 13.4. The van der Waals surface area contributed by atoms with Crippen molar-refractivity contribution in [2.24, 2.45) is 4.99 Å². The van der Waals surface area contributed by atoms with E-state index in [-0.39, 0.29) is 0 Å². The van der Waals surface area contributed by atoms with Crippen molar-refractivity contribution in [1.82, 2.24) is 0 Å². The molecule has 0 aromatic heterocycles. The summed E-state index contributed by atoms with van der Waals surface area (Å²) in [6, 6.07) is 9.47. The Labute approximate surface area is 81.5 Å². The molecule has 1 aliphatic heterocycles. The Kier molecular flexibility index (Phi) is 1.27. The van der Waals surface area contributed by atoms with Gasteiger partial charge in [0.2, 0.25) is 0 Å². The molecule has 0 atom stereocenters. The highest BCUT2D eigenvalue weighted by atomic mass is 16.3. The third-order valence-electron chi connectivity index (χ3n) is 2.67. The molecule has 0 aliphatic carbocycles. The molecule has 0 saturated carbocycles. The van der Waals surface area contributed by atoms with Gasteiger partial charge in [-0.25, -0.2) is 0 Å². The van der Waals surface area contributed by atoms with Crippen LogP contribution in [0.1, 0.15) is 12.5 Å². The molecule has 2 aromatic rings. The maximum Gasteiger partial charge on any atom is 0.123 e. The number of hydrogen-bond donors (Lipinski definition) is 1. The van der Waals surface area contributed by atoms with Gasteiger partial charge < -0.3 is 5.11 Å². The molecule has 0 fully saturated rings. The van der Waals surface area contributed by atoms with Crippen LogP contribution in [0, 0.1) is 0 Å². The summed E-state index contributed by atoms with van der Waals surface area (Å²) in [5.41, 5.74) is 3.12. The Bertz CT molecular complexity index is 570. The van der Waals surface area contributed by atoms with Crippen LogP contribution in [0.5, 0.6) is 5.75 Å². The van der Waals surface area contributed by atoms with Crippen molar-refractivity contribution in [1.29, 1.82) is 0 Å². The summed E-state index contributed by atoms with van der Waals surface area (Å²) >= 11 is 0. The Morgan fingerprint density at radius 1 is 1.14 bits per heavy atom. The quantitative estimate of drug-likeness (QED) is 0.669. The van der Waals surface area contributed by atoms with Gasteiger partial charge in [0, 0.05) is 22.0 Å². The number of nitrogens with zero attached hydrogens (tertiary/aromatic N) is 1. The SMILES string of the molecule is CC1=Nc2cccc3c(O)ccc1c23. The molecule has 14 heavy (non-hydrogen) atoms. The summed E-state index contributed by atoms with van der Waals surface area (Å²) in [6.07, 6.45) is 0. The molecule has 1 aliphatic rings. The summed E-state index contributed by atoms with van der Waals surface area (Å²) < 4.78 is 0. The maximum absolute atomic E-state index is 9.68. The van der Waals surface area contributed by atoms with Crippen molar-refractivity contribution in [2.45, 2.75) is 6.92 Å². The van der Waals surface area contributed by atoms with Crippen molar-refractivity contribution in [3.05, 3.63) is 35.9 Å². The maximum atomic E-state index is 9.68. The van der Waals surface area contributed by atoms with Crippen LogP contribution in [0.4, 0.5) is 5.69 Å². The average Bonchev–Trinajstić information content (AvgIpc) is 2.50. The smallest absolute Gasteiger partial charge is 0.123 e. The average molecular weight is 183 g/mol. The molecule has 0 spiro atoms. The first kappa shape index (κ1) is 7.56. The van der Waals surface area contributed by atoms with Crippen molar-refractivity contribution < 1.29 is 5.11 Å². The van der Waals surface area contributed by atoms with Crippen LogP contribution < -0.4 is 0 Å². The first-order valence-electron chi connectivity index (χ1n) is 4.58. The fraction of sp³-hybridized carbons (Fsp3) is 0.0833. The predicted molar refractivity (Wildman–Crippen MR) is 57.5 cm³/mol. The zero-order valence-electron chi connectivity index (χ0n) is 7.78. The second kappa shape index (κ2) is 2.35. The van der Waals surface area contributed by atoms with E-state index in [0.29, 0.717) is 5.75 Å². The van der Waals surface area contributed by atoms with E-state index < -0.39 is 0 Å². The number of aromatic hydroxyl groups is 1.